The van der Waals surface area contributed by atoms with Gasteiger partial charge >= 0.3 is 6.03 Å². The Labute approximate surface area is 169 Å². The number of non-ortho nitro benzene ring substituents is 1. The first kappa shape index (κ1) is 22.5. The molecule has 1 atom stereocenters. The minimum absolute atomic E-state index is 0.0210. The number of hydrogen-bond acceptors (Lipinski definition) is 7. The van der Waals surface area contributed by atoms with Gasteiger partial charge in [-0.25, -0.2) is 14.7 Å². The molecule has 2 rings (SSSR count). The van der Waals surface area contributed by atoms with Crippen LogP contribution in [0.1, 0.15) is 12.0 Å². The van der Waals surface area contributed by atoms with Crippen molar-refractivity contribution in [1.82, 2.24) is 9.80 Å². The van der Waals surface area contributed by atoms with Crippen molar-refractivity contribution in [3.05, 3.63) is 51.9 Å². The van der Waals surface area contributed by atoms with Gasteiger partial charge in [-0.1, -0.05) is 12.1 Å². The van der Waals surface area contributed by atoms with Gasteiger partial charge in [-0.3, -0.25) is 19.9 Å². The first-order valence-electron chi connectivity index (χ1n) is 9.45. The average Bonchev–Trinajstić information content (AvgIpc) is 2.70. The Bertz CT molecular complexity index is 778. The molecular weight excluding hydrogens is 378 g/mol. The quantitative estimate of drug-likeness (QED) is 0.380. The predicted octanol–water partition coefficient (Wildman–Crippen LogP) is -0.998. The van der Waals surface area contributed by atoms with Crippen LogP contribution in [0.5, 0.6) is 0 Å². The average molecular weight is 405 g/mol. The van der Waals surface area contributed by atoms with E-state index in [0.29, 0.717) is 30.4 Å². The summed E-state index contributed by atoms with van der Waals surface area (Å²) in [5.41, 5.74) is 1.09. The molecule has 1 unspecified atom stereocenters. The standard InChI is InChI=1S/C19H27N5O5/c1-21-17(14-18(26)22(2)19(21)27)20-9-11-23(12-13-25)10-3-4-15-5-7-16(8-6-15)24(28)29/h5-8,14,25-26H,3-4,9-13H2,1-2H3. The van der Waals surface area contributed by atoms with Crippen LogP contribution >= 0.6 is 0 Å². The van der Waals surface area contributed by atoms with E-state index in [1.807, 2.05) is 0 Å². The van der Waals surface area contributed by atoms with E-state index in [9.17, 15) is 25.1 Å². The number of nitrogens with zero attached hydrogens (tertiary/aromatic N) is 4. The van der Waals surface area contributed by atoms with Crippen LogP contribution in [0.25, 0.3) is 0 Å². The van der Waals surface area contributed by atoms with Gasteiger partial charge in [0.05, 0.1) is 25.1 Å². The summed E-state index contributed by atoms with van der Waals surface area (Å²) in [6, 6.07) is 6.16. The lowest BCUT2D eigenvalue weighted by molar-refractivity contribution is -0.694. The van der Waals surface area contributed by atoms with Gasteiger partial charge in [-0.2, -0.15) is 0 Å². The Morgan fingerprint density at radius 2 is 1.93 bits per heavy atom. The predicted molar refractivity (Wildman–Crippen MR) is 105 cm³/mol. The molecule has 158 valence electrons. The molecule has 2 N–H and O–H groups in total. The highest BCUT2D eigenvalue weighted by Crippen LogP contribution is 2.13. The molecule has 2 amide bonds. The molecular formula is C19H27N5O5. The summed E-state index contributed by atoms with van der Waals surface area (Å²) in [5, 5.41) is 31.7. The number of amides is 2. The Kier molecular flexibility index (Phi) is 8.25. The molecule has 0 aromatic heterocycles. The van der Waals surface area contributed by atoms with Gasteiger partial charge in [0.1, 0.15) is 0 Å². The fourth-order valence-corrected chi connectivity index (χ4v) is 3.03. The van der Waals surface area contributed by atoms with E-state index in [1.165, 1.54) is 25.3 Å². The number of nitrogens with one attached hydrogen (secondary N) is 1. The molecule has 1 aromatic carbocycles. The number of rotatable bonds is 10. The first-order valence-corrected chi connectivity index (χ1v) is 9.45. The number of aliphatic imine (C=N–C) groups is 1. The molecule has 0 saturated heterocycles. The molecule has 29 heavy (non-hydrogen) atoms. The Morgan fingerprint density at radius 3 is 2.55 bits per heavy atom. The van der Waals surface area contributed by atoms with Gasteiger partial charge < -0.3 is 10.2 Å². The molecule has 10 nitrogen and oxygen atoms in total. The monoisotopic (exact) mass is 405 g/mol. The van der Waals surface area contributed by atoms with Gasteiger partial charge in [0.2, 0.25) is 5.84 Å². The van der Waals surface area contributed by atoms with Crippen LogP contribution < -0.4 is 10.0 Å². The van der Waals surface area contributed by atoms with E-state index in [-0.39, 0.29) is 24.2 Å². The molecule has 0 spiro atoms. The van der Waals surface area contributed by atoms with E-state index in [1.54, 1.807) is 19.2 Å². The number of benzene rings is 1. The molecule has 1 aliphatic rings. The topological polar surface area (TPSA) is 127 Å². The number of hydrogen-bond donors (Lipinski definition) is 2. The molecule has 1 heterocycles. The number of nitro groups is 1. The third kappa shape index (κ3) is 6.34. The van der Waals surface area contributed by atoms with Crippen molar-refractivity contribution in [2.24, 2.45) is 4.99 Å². The second-order valence-corrected chi connectivity index (χ2v) is 6.83. The minimum Gasteiger partial charge on any atom is -0.860 e. The maximum atomic E-state index is 12.0. The molecule has 0 radical (unpaired) electrons. The number of likely N-dealkylation sites (N-methyl/N-ethyl adjacent to an activating group) is 1. The molecule has 1 aliphatic heterocycles. The lowest BCUT2D eigenvalue weighted by atomic mass is 10.1. The normalized spacial score (nSPS) is 18.4. The number of aliphatic hydroxyl groups is 1. The van der Waals surface area contributed by atoms with Crippen molar-refractivity contribution in [1.29, 1.82) is 0 Å². The largest absolute Gasteiger partial charge is 0.860 e. The van der Waals surface area contributed by atoms with Crippen LogP contribution in [0.15, 0.2) is 41.2 Å². The number of carbonyl (C=O) groups excluding carboxylic acids is 1. The van der Waals surface area contributed by atoms with Gasteiger partial charge in [-0.05, 0) is 30.8 Å². The van der Waals surface area contributed by atoms with Crippen LogP contribution in [-0.4, -0.2) is 78.6 Å². The van der Waals surface area contributed by atoms with Crippen molar-refractivity contribution in [3.8, 4) is 0 Å². The van der Waals surface area contributed by atoms with Crippen LogP contribution in [0, 0.1) is 10.1 Å². The van der Waals surface area contributed by atoms with E-state index in [4.69, 9.17) is 0 Å². The SMILES string of the molecule is CN1C(=O)[NH+](C)C(=NCCN(CCO)CCCc2ccc([N+](=O)[O-])cc2)C=C1[O-]. The van der Waals surface area contributed by atoms with Crippen molar-refractivity contribution in [2.45, 2.75) is 12.8 Å². The Morgan fingerprint density at radius 1 is 1.24 bits per heavy atom. The smallest absolute Gasteiger partial charge is 0.426 e. The summed E-state index contributed by atoms with van der Waals surface area (Å²) in [7, 11) is 3.09. The molecule has 0 fully saturated rings. The third-order valence-corrected chi connectivity index (χ3v) is 4.80. The maximum Gasteiger partial charge on any atom is 0.426 e. The van der Waals surface area contributed by atoms with Crippen LogP contribution in [0.4, 0.5) is 10.5 Å². The molecule has 0 aliphatic carbocycles. The van der Waals surface area contributed by atoms with Crippen molar-refractivity contribution in [3.63, 3.8) is 0 Å². The Hall–Kier alpha value is -2.82. The minimum atomic E-state index is -0.420. The second-order valence-electron chi connectivity index (χ2n) is 6.83. The van der Waals surface area contributed by atoms with Crippen molar-refractivity contribution < 1.29 is 24.8 Å². The number of nitro benzene ring substituents is 1. The molecule has 1 aromatic rings. The Balaban J connectivity index is 1.85. The zero-order valence-corrected chi connectivity index (χ0v) is 16.7. The zero-order valence-electron chi connectivity index (χ0n) is 16.7. The number of aryl methyl sites for hydroxylation is 1. The third-order valence-electron chi connectivity index (χ3n) is 4.80. The number of amidine groups is 1. The van der Waals surface area contributed by atoms with E-state index in [2.05, 4.69) is 9.89 Å². The summed E-state index contributed by atoms with van der Waals surface area (Å²) in [6.45, 7) is 2.25. The summed E-state index contributed by atoms with van der Waals surface area (Å²) in [5.74, 6) is 0.0302. The van der Waals surface area contributed by atoms with E-state index in [0.717, 1.165) is 29.8 Å². The molecule has 10 heteroatoms. The highest BCUT2D eigenvalue weighted by molar-refractivity contribution is 5.94. The molecule has 0 saturated carbocycles. The summed E-state index contributed by atoms with van der Waals surface area (Å²) in [4.78, 5) is 30.2. The van der Waals surface area contributed by atoms with Crippen LogP contribution in [0.3, 0.4) is 0 Å². The highest BCUT2D eigenvalue weighted by atomic mass is 16.6. The van der Waals surface area contributed by atoms with Crippen molar-refractivity contribution >= 4 is 17.6 Å². The van der Waals surface area contributed by atoms with Crippen LogP contribution in [0.2, 0.25) is 0 Å². The van der Waals surface area contributed by atoms with Gasteiger partial charge in [0, 0.05) is 38.3 Å². The zero-order chi connectivity index (χ0) is 21.4. The van der Waals surface area contributed by atoms with Gasteiger partial charge in [-0.15, -0.1) is 0 Å². The van der Waals surface area contributed by atoms with Crippen LogP contribution in [-0.2, 0) is 6.42 Å². The highest BCUT2D eigenvalue weighted by Gasteiger charge is 2.28. The molecule has 0 bridgehead atoms. The summed E-state index contributed by atoms with van der Waals surface area (Å²) in [6.07, 6.45) is 2.96. The fourth-order valence-electron chi connectivity index (χ4n) is 3.03. The fraction of sp³-hybridized carbons (Fsp3) is 0.474. The number of urea groups is 1. The lowest BCUT2D eigenvalue weighted by Crippen LogP contribution is -3.16. The number of quaternary nitrogens is 1. The van der Waals surface area contributed by atoms with E-state index >= 15 is 0 Å². The van der Waals surface area contributed by atoms with E-state index < -0.39 is 4.92 Å². The number of aliphatic hydroxyl groups excluding tert-OH is 1. The summed E-state index contributed by atoms with van der Waals surface area (Å²) >= 11 is 0. The van der Waals surface area contributed by atoms with Gasteiger partial charge in [0.15, 0.2) is 0 Å². The van der Waals surface area contributed by atoms with Gasteiger partial charge in [0.25, 0.3) is 5.69 Å². The maximum absolute atomic E-state index is 12.0. The van der Waals surface area contributed by atoms with Crippen molar-refractivity contribution in [2.75, 3.05) is 46.9 Å². The number of carbonyl (C=O) groups is 1. The second kappa shape index (κ2) is 10.6. The lowest BCUT2D eigenvalue weighted by Gasteiger charge is -2.30. The first-order chi connectivity index (χ1) is 13.8. The summed E-state index contributed by atoms with van der Waals surface area (Å²) < 4.78 is 0.